The van der Waals surface area contributed by atoms with E-state index in [1.165, 1.54) is 0 Å². The van der Waals surface area contributed by atoms with Gasteiger partial charge in [-0.3, -0.25) is 9.59 Å². The zero-order valence-corrected chi connectivity index (χ0v) is 14.8. The molecule has 1 fully saturated rings. The van der Waals surface area contributed by atoms with E-state index in [4.69, 9.17) is 0 Å². The zero-order valence-electron chi connectivity index (χ0n) is 14.8. The minimum absolute atomic E-state index is 0.000788. The second-order valence-corrected chi connectivity index (χ2v) is 5.79. The summed E-state index contributed by atoms with van der Waals surface area (Å²) >= 11 is 0. The molecule has 0 saturated carbocycles. The number of hydrogen-bond acceptors (Lipinski definition) is 4. The molecule has 0 radical (unpaired) electrons. The van der Waals surface area contributed by atoms with Crippen LogP contribution >= 0.6 is 0 Å². The van der Waals surface area contributed by atoms with Crippen LogP contribution in [0.2, 0.25) is 0 Å². The van der Waals surface area contributed by atoms with Crippen molar-refractivity contribution in [3.63, 3.8) is 0 Å². The lowest BCUT2D eigenvalue weighted by Gasteiger charge is -2.38. The molecule has 0 aliphatic carbocycles. The molecule has 0 bridgehead atoms. The normalized spacial score (nSPS) is 16.6. The predicted octanol–water partition coefficient (Wildman–Crippen LogP) is 2.04. The van der Waals surface area contributed by atoms with Crippen molar-refractivity contribution in [2.75, 3.05) is 39.8 Å². The zero-order chi connectivity index (χ0) is 17.4. The second kappa shape index (κ2) is 9.30. The van der Waals surface area contributed by atoms with Crippen LogP contribution in [0.1, 0.15) is 27.2 Å². The van der Waals surface area contributed by atoms with E-state index >= 15 is 0 Å². The van der Waals surface area contributed by atoms with Crippen LogP contribution in [0.3, 0.4) is 0 Å². The molecule has 0 aromatic carbocycles. The number of rotatable bonds is 7. The summed E-state index contributed by atoms with van der Waals surface area (Å²) < 4.78 is 0. The molecule has 0 aromatic heterocycles. The van der Waals surface area contributed by atoms with Gasteiger partial charge < -0.3 is 14.7 Å². The van der Waals surface area contributed by atoms with Gasteiger partial charge >= 0.3 is 0 Å². The Bertz CT molecular complexity index is 508. The summed E-state index contributed by atoms with van der Waals surface area (Å²) in [7, 11) is 2.01. The third-order valence-electron chi connectivity index (χ3n) is 3.93. The van der Waals surface area contributed by atoms with Crippen LogP contribution in [-0.2, 0) is 9.59 Å². The molecule has 1 saturated heterocycles. The highest BCUT2D eigenvalue weighted by Crippen LogP contribution is 2.19. The molecule has 5 nitrogen and oxygen atoms in total. The molecule has 0 N–H and O–H groups in total. The van der Waals surface area contributed by atoms with Crippen LogP contribution in [0.5, 0.6) is 0 Å². The Morgan fingerprint density at radius 2 is 2.00 bits per heavy atom. The van der Waals surface area contributed by atoms with Crippen molar-refractivity contribution in [1.82, 2.24) is 14.7 Å². The fourth-order valence-corrected chi connectivity index (χ4v) is 2.45. The molecule has 5 heteroatoms. The van der Waals surface area contributed by atoms with Crippen molar-refractivity contribution < 1.29 is 9.59 Å². The molecule has 1 heterocycles. The minimum Gasteiger partial charge on any atom is -0.340 e. The molecule has 1 aliphatic heterocycles. The van der Waals surface area contributed by atoms with Crippen molar-refractivity contribution in [3.05, 3.63) is 36.2 Å². The van der Waals surface area contributed by atoms with Gasteiger partial charge in [0.1, 0.15) is 0 Å². The monoisotopic (exact) mass is 319 g/mol. The Labute approximate surface area is 139 Å². The Balaban J connectivity index is 2.64. The largest absolute Gasteiger partial charge is 0.340 e. The number of likely N-dealkylation sites (N-methyl/N-ethyl adjacent to an activating group) is 1. The summed E-state index contributed by atoms with van der Waals surface area (Å²) in [5.41, 5.74) is 1.48. The number of amides is 1. The van der Waals surface area contributed by atoms with Crippen LogP contribution in [0.25, 0.3) is 0 Å². The van der Waals surface area contributed by atoms with Gasteiger partial charge in [-0.1, -0.05) is 32.6 Å². The molecule has 1 amide bonds. The van der Waals surface area contributed by atoms with Gasteiger partial charge in [0.05, 0.1) is 12.2 Å². The standard InChI is InChI=1S/C18H29N3O2/c1-6-9-17(16(4)22)21-13-12-20(14-15(21)3)18(23)10-8-11-19(5)7-2/h8-10H,3,6-7,11-14H2,1-2,4-5H3/b10-8+,17-9-. The number of hydrogen-bond donors (Lipinski definition) is 0. The number of carbonyl (C=O) groups is 2. The average Bonchev–Trinajstić information content (AvgIpc) is 2.52. The van der Waals surface area contributed by atoms with Crippen molar-refractivity contribution in [2.45, 2.75) is 27.2 Å². The van der Waals surface area contributed by atoms with Crippen LogP contribution in [0, 0.1) is 0 Å². The van der Waals surface area contributed by atoms with Crippen LogP contribution in [0.15, 0.2) is 36.2 Å². The smallest absolute Gasteiger partial charge is 0.246 e. The first-order chi connectivity index (χ1) is 10.9. The summed E-state index contributed by atoms with van der Waals surface area (Å²) in [6.45, 7) is 13.1. The van der Waals surface area contributed by atoms with E-state index in [1.807, 2.05) is 31.0 Å². The van der Waals surface area contributed by atoms with E-state index in [0.29, 0.717) is 25.3 Å². The molecule has 0 unspecified atom stereocenters. The second-order valence-electron chi connectivity index (χ2n) is 5.79. The van der Waals surface area contributed by atoms with Gasteiger partial charge in [0.2, 0.25) is 5.91 Å². The van der Waals surface area contributed by atoms with E-state index in [0.717, 1.165) is 25.2 Å². The fraction of sp³-hybridized carbons (Fsp3) is 0.556. The van der Waals surface area contributed by atoms with Crippen LogP contribution in [-0.4, -0.2) is 66.2 Å². The lowest BCUT2D eigenvalue weighted by atomic mass is 10.1. The topological polar surface area (TPSA) is 43.9 Å². The number of ketones is 1. The van der Waals surface area contributed by atoms with Gasteiger partial charge in [-0.05, 0) is 20.0 Å². The molecule has 1 aliphatic rings. The molecule has 0 aromatic rings. The summed E-state index contributed by atoms with van der Waals surface area (Å²) in [6.07, 6.45) is 6.24. The van der Waals surface area contributed by atoms with Gasteiger partial charge in [0, 0.05) is 38.3 Å². The number of nitrogens with zero attached hydrogens (tertiary/aromatic N) is 3. The maximum atomic E-state index is 12.2. The number of allylic oxidation sites excluding steroid dienone is 2. The Morgan fingerprint density at radius 1 is 1.30 bits per heavy atom. The van der Waals surface area contributed by atoms with Crippen molar-refractivity contribution in [3.8, 4) is 0 Å². The predicted molar refractivity (Wildman–Crippen MR) is 93.8 cm³/mol. The molecule has 23 heavy (non-hydrogen) atoms. The molecule has 1 rings (SSSR count). The summed E-state index contributed by atoms with van der Waals surface area (Å²) in [4.78, 5) is 29.8. The highest BCUT2D eigenvalue weighted by atomic mass is 16.2. The Morgan fingerprint density at radius 3 is 2.52 bits per heavy atom. The average molecular weight is 319 g/mol. The Kier molecular flexibility index (Phi) is 7.75. The number of carbonyl (C=O) groups excluding carboxylic acids is 2. The van der Waals surface area contributed by atoms with E-state index in [-0.39, 0.29) is 11.7 Å². The number of piperazine rings is 1. The van der Waals surface area contributed by atoms with Crippen molar-refractivity contribution >= 4 is 11.7 Å². The molecule has 128 valence electrons. The molecular weight excluding hydrogens is 290 g/mol. The van der Waals surface area contributed by atoms with Gasteiger partial charge in [-0.2, -0.15) is 0 Å². The van der Waals surface area contributed by atoms with E-state index < -0.39 is 0 Å². The minimum atomic E-state index is -0.000788. The van der Waals surface area contributed by atoms with Crippen LogP contribution in [0.4, 0.5) is 0 Å². The summed E-state index contributed by atoms with van der Waals surface area (Å²) in [5, 5.41) is 0. The lowest BCUT2D eigenvalue weighted by Crippen LogP contribution is -2.46. The maximum Gasteiger partial charge on any atom is 0.246 e. The highest BCUT2D eigenvalue weighted by molar-refractivity contribution is 5.93. The molecular formula is C18H29N3O2. The van der Waals surface area contributed by atoms with Crippen molar-refractivity contribution in [2.24, 2.45) is 0 Å². The third-order valence-corrected chi connectivity index (χ3v) is 3.93. The van der Waals surface area contributed by atoms with E-state index in [2.05, 4.69) is 18.4 Å². The van der Waals surface area contributed by atoms with E-state index in [1.54, 1.807) is 17.9 Å². The van der Waals surface area contributed by atoms with Crippen molar-refractivity contribution in [1.29, 1.82) is 0 Å². The first-order valence-corrected chi connectivity index (χ1v) is 8.21. The number of Topliss-reactive ketones (excluding diaryl/α,β-unsaturated/α-hetero) is 1. The fourth-order valence-electron chi connectivity index (χ4n) is 2.45. The molecule has 0 atom stereocenters. The van der Waals surface area contributed by atoms with Gasteiger partial charge in [0.25, 0.3) is 0 Å². The molecule has 0 spiro atoms. The van der Waals surface area contributed by atoms with Gasteiger partial charge in [-0.15, -0.1) is 0 Å². The van der Waals surface area contributed by atoms with E-state index in [9.17, 15) is 9.59 Å². The van der Waals surface area contributed by atoms with Gasteiger partial charge in [0.15, 0.2) is 5.78 Å². The summed E-state index contributed by atoms with van der Waals surface area (Å²) in [6, 6.07) is 0. The van der Waals surface area contributed by atoms with Gasteiger partial charge in [-0.25, -0.2) is 0 Å². The Hall–Kier alpha value is -1.88. The third kappa shape index (κ3) is 5.67. The van der Waals surface area contributed by atoms with Crippen LogP contribution < -0.4 is 0 Å². The maximum absolute atomic E-state index is 12.2. The summed E-state index contributed by atoms with van der Waals surface area (Å²) in [5.74, 6) is 0.0365. The SMILES string of the molecule is C=C1CN(C(=O)/C=C/CN(C)CC)CCN1/C(=C\CC)C(C)=O. The first-order valence-electron chi connectivity index (χ1n) is 8.21. The first kappa shape index (κ1) is 19.2. The highest BCUT2D eigenvalue weighted by Gasteiger charge is 2.25. The quantitative estimate of drug-likeness (QED) is 0.674. The lowest BCUT2D eigenvalue weighted by molar-refractivity contribution is -0.126.